The Morgan fingerprint density at radius 2 is 1.74 bits per heavy atom. The van der Waals surface area contributed by atoms with Crippen LogP contribution in [0.5, 0.6) is 0 Å². The van der Waals surface area contributed by atoms with Crippen LogP contribution in [-0.2, 0) is 14.3 Å². The van der Waals surface area contributed by atoms with Gasteiger partial charge in [0.1, 0.15) is 11.7 Å². The van der Waals surface area contributed by atoms with Crippen molar-refractivity contribution in [1.82, 2.24) is 0 Å². The predicted molar refractivity (Wildman–Crippen MR) is 124 cm³/mol. The van der Waals surface area contributed by atoms with Crippen LogP contribution in [0.25, 0.3) is 0 Å². The van der Waals surface area contributed by atoms with E-state index in [1.165, 1.54) is 83.5 Å². The van der Waals surface area contributed by atoms with Gasteiger partial charge in [-0.05, 0) is 74.5 Å². The van der Waals surface area contributed by atoms with Crippen LogP contribution >= 0.6 is 0 Å². The first-order valence-corrected chi connectivity index (χ1v) is 13.8. The summed E-state index contributed by atoms with van der Waals surface area (Å²) in [5.41, 5.74) is 0.329. The minimum absolute atomic E-state index is 0.0237. The van der Waals surface area contributed by atoms with Gasteiger partial charge >= 0.3 is 5.97 Å². The van der Waals surface area contributed by atoms with Crippen LogP contribution in [0.4, 0.5) is 0 Å². The number of esters is 1. The lowest BCUT2D eigenvalue weighted by atomic mass is 9.46. The second-order valence-corrected chi connectivity index (χ2v) is 12.2. The van der Waals surface area contributed by atoms with Crippen LogP contribution in [0.2, 0.25) is 0 Å². The summed E-state index contributed by atoms with van der Waals surface area (Å²) in [7, 11) is 0. The summed E-state index contributed by atoms with van der Waals surface area (Å²) < 4.78 is 12.2. The largest absolute Gasteiger partial charge is 0.462 e. The minimum Gasteiger partial charge on any atom is -0.462 e. The maximum Gasteiger partial charge on any atom is 0.302 e. The molecule has 0 bridgehead atoms. The molecular weight excluding hydrogens is 384 g/mol. The van der Waals surface area contributed by atoms with Gasteiger partial charge in [0.05, 0.1) is 6.10 Å². The molecule has 5 rings (SSSR count). The number of fused-ring (bicyclic) bond motifs is 4. The molecule has 2 unspecified atom stereocenters. The van der Waals surface area contributed by atoms with Gasteiger partial charge in [0.2, 0.25) is 0 Å². The third-order valence-corrected chi connectivity index (χ3v) is 10.8. The van der Waals surface area contributed by atoms with E-state index in [1.54, 1.807) is 6.92 Å². The summed E-state index contributed by atoms with van der Waals surface area (Å²) in [5, 5.41) is 0. The van der Waals surface area contributed by atoms with E-state index in [4.69, 9.17) is 9.47 Å². The number of ether oxygens (including phenoxy) is 2. The summed E-state index contributed by atoms with van der Waals surface area (Å²) in [5.74, 6) is 4.58. The van der Waals surface area contributed by atoms with Crippen molar-refractivity contribution < 1.29 is 14.3 Å². The fourth-order valence-corrected chi connectivity index (χ4v) is 9.29. The molecule has 0 aromatic carbocycles. The van der Waals surface area contributed by atoms with Crippen molar-refractivity contribution in [2.24, 2.45) is 35.0 Å². The van der Waals surface area contributed by atoms with Gasteiger partial charge in [0.25, 0.3) is 0 Å². The molecule has 4 saturated carbocycles. The second-order valence-electron chi connectivity index (χ2n) is 12.2. The summed E-state index contributed by atoms with van der Waals surface area (Å²) in [4.78, 5) is 11.5. The van der Waals surface area contributed by atoms with Crippen molar-refractivity contribution in [3.05, 3.63) is 0 Å². The SMILES string of the molecule is CCCCCCCCC1CC[C@H]2[C@@H]3C[C@H]4OC45C[C@@H](OC(C)=O)CC[C@]5(C)[C@H]3CC[C@H]12. The highest BCUT2D eigenvalue weighted by Crippen LogP contribution is 2.72. The maximum absolute atomic E-state index is 11.5. The fraction of sp³-hybridized carbons (Fsp3) is 0.964. The number of epoxide rings is 1. The van der Waals surface area contributed by atoms with E-state index >= 15 is 0 Å². The third kappa shape index (κ3) is 3.79. The average Bonchev–Trinajstić information content (AvgIpc) is 3.28. The van der Waals surface area contributed by atoms with Crippen molar-refractivity contribution in [3.63, 3.8) is 0 Å². The first kappa shape index (κ1) is 22.2. The summed E-state index contributed by atoms with van der Waals surface area (Å²) >= 11 is 0. The van der Waals surface area contributed by atoms with E-state index in [9.17, 15) is 4.79 Å². The normalized spacial score (nSPS) is 47.6. The molecule has 5 aliphatic rings. The zero-order valence-electron chi connectivity index (χ0n) is 20.4. The topological polar surface area (TPSA) is 38.8 Å². The summed E-state index contributed by atoms with van der Waals surface area (Å²) in [6, 6.07) is 0. The molecule has 0 N–H and O–H groups in total. The lowest BCUT2D eigenvalue weighted by molar-refractivity contribution is -0.155. The summed E-state index contributed by atoms with van der Waals surface area (Å²) in [6.07, 6.45) is 20.9. The van der Waals surface area contributed by atoms with Gasteiger partial charge in [-0.15, -0.1) is 0 Å². The maximum atomic E-state index is 11.5. The molecule has 0 radical (unpaired) electrons. The number of hydrogen-bond acceptors (Lipinski definition) is 3. The van der Waals surface area contributed by atoms with E-state index in [0.717, 1.165) is 42.4 Å². The Bertz CT molecular complexity index is 661. The molecule has 5 fully saturated rings. The van der Waals surface area contributed by atoms with E-state index in [0.29, 0.717) is 11.5 Å². The van der Waals surface area contributed by atoms with Crippen molar-refractivity contribution >= 4 is 5.97 Å². The predicted octanol–water partition coefficient (Wildman–Crippen LogP) is 7.07. The Morgan fingerprint density at radius 3 is 2.55 bits per heavy atom. The van der Waals surface area contributed by atoms with Crippen molar-refractivity contribution in [2.45, 2.75) is 135 Å². The Hall–Kier alpha value is -0.570. The standard InChI is InChI=1S/C28H46O3/c1-4-5-6-7-8-9-10-20-11-12-23-22(20)13-14-25-24(23)17-26-28(31-26)18-21(30-19(2)29)15-16-27(25,28)3/h20-26H,4-18H2,1-3H3/t20?,21-,22+,23+,24-,25-,26+,27+,28?/m0/s1. The molecule has 1 saturated heterocycles. The Balaban J connectivity index is 1.20. The van der Waals surface area contributed by atoms with Crippen LogP contribution in [0.15, 0.2) is 0 Å². The Labute approximate surface area is 190 Å². The molecule has 0 amide bonds. The van der Waals surface area contributed by atoms with Crippen molar-refractivity contribution in [3.8, 4) is 0 Å². The average molecular weight is 431 g/mol. The highest BCUT2D eigenvalue weighted by atomic mass is 16.6. The smallest absolute Gasteiger partial charge is 0.302 e. The van der Waals surface area contributed by atoms with Crippen LogP contribution in [0, 0.1) is 35.0 Å². The number of rotatable bonds is 8. The molecule has 3 heteroatoms. The molecule has 4 aliphatic carbocycles. The van der Waals surface area contributed by atoms with Gasteiger partial charge in [-0.25, -0.2) is 0 Å². The van der Waals surface area contributed by atoms with Gasteiger partial charge in [0.15, 0.2) is 0 Å². The number of carbonyl (C=O) groups excluding carboxylic acids is 1. The molecule has 9 atom stereocenters. The zero-order valence-corrected chi connectivity index (χ0v) is 20.4. The quantitative estimate of drug-likeness (QED) is 0.235. The van der Waals surface area contributed by atoms with Gasteiger partial charge in [-0.1, -0.05) is 58.8 Å². The molecule has 3 nitrogen and oxygen atoms in total. The number of hydrogen-bond donors (Lipinski definition) is 0. The van der Waals surface area contributed by atoms with E-state index in [1.807, 2.05) is 0 Å². The molecule has 0 aromatic rings. The van der Waals surface area contributed by atoms with Gasteiger partial charge < -0.3 is 9.47 Å². The Kier molecular flexibility index (Phi) is 6.21. The van der Waals surface area contributed by atoms with E-state index in [-0.39, 0.29) is 17.7 Å². The highest BCUT2D eigenvalue weighted by Gasteiger charge is 2.75. The molecule has 1 spiro atoms. The molecule has 31 heavy (non-hydrogen) atoms. The van der Waals surface area contributed by atoms with Gasteiger partial charge in [0, 0.05) is 18.8 Å². The molecule has 1 heterocycles. The minimum atomic E-state index is -0.126. The van der Waals surface area contributed by atoms with Crippen LogP contribution in [0.1, 0.15) is 117 Å². The second kappa shape index (κ2) is 8.65. The van der Waals surface area contributed by atoms with E-state index in [2.05, 4.69) is 13.8 Å². The van der Waals surface area contributed by atoms with Gasteiger partial charge in [-0.3, -0.25) is 4.79 Å². The van der Waals surface area contributed by atoms with Crippen molar-refractivity contribution in [2.75, 3.05) is 0 Å². The Morgan fingerprint density at radius 1 is 0.968 bits per heavy atom. The fourth-order valence-electron chi connectivity index (χ4n) is 9.29. The monoisotopic (exact) mass is 430 g/mol. The van der Waals surface area contributed by atoms with Gasteiger partial charge in [-0.2, -0.15) is 0 Å². The van der Waals surface area contributed by atoms with E-state index < -0.39 is 0 Å². The first-order chi connectivity index (χ1) is 15.0. The van der Waals surface area contributed by atoms with Crippen LogP contribution < -0.4 is 0 Å². The first-order valence-electron chi connectivity index (χ1n) is 13.8. The summed E-state index contributed by atoms with van der Waals surface area (Å²) in [6.45, 7) is 6.41. The zero-order chi connectivity index (χ0) is 21.6. The molecule has 1 aliphatic heterocycles. The lowest BCUT2D eigenvalue weighted by Crippen LogP contribution is -2.57. The third-order valence-electron chi connectivity index (χ3n) is 10.8. The number of carbonyl (C=O) groups is 1. The van der Waals surface area contributed by atoms with Crippen molar-refractivity contribution in [1.29, 1.82) is 0 Å². The highest BCUT2D eigenvalue weighted by molar-refractivity contribution is 5.66. The van der Waals surface area contributed by atoms with Crippen LogP contribution in [0.3, 0.4) is 0 Å². The number of unbranched alkanes of at least 4 members (excludes halogenated alkanes) is 5. The van der Waals surface area contributed by atoms with Crippen LogP contribution in [-0.4, -0.2) is 23.8 Å². The lowest BCUT2D eigenvalue weighted by Gasteiger charge is -2.57. The molecule has 0 aromatic heterocycles. The molecule has 176 valence electrons. The molecular formula is C28H46O3.